The molecule has 1 atom stereocenters. The predicted molar refractivity (Wildman–Crippen MR) is 81.6 cm³/mol. The molecule has 1 aromatic carbocycles. The van der Waals surface area contributed by atoms with Gasteiger partial charge >= 0.3 is 0 Å². The molecule has 0 saturated heterocycles. The van der Waals surface area contributed by atoms with Crippen LogP contribution in [0.15, 0.2) is 17.0 Å². The van der Waals surface area contributed by atoms with Crippen molar-refractivity contribution in [1.82, 2.24) is 4.72 Å². The highest BCUT2D eigenvalue weighted by Gasteiger charge is 2.25. The topological polar surface area (TPSA) is 66.4 Å². The molecule has 0 bridgehead atoms. The van der Waals surface area contributed by atoms with Gasteiger partial charge in [0.05, 0.1) is 11.6 Å². The Morgan fingerprint density at radius 2 is 1.90 bits per heavy atom. The zero-order valence-corrected chi connectivity index (χ0v) is 14.0. The molecule has 4 nitrogen and oxygen atoms in total. The lowest BCUT2D eigenvalue weighted by molar-refractivity contribution is 0.281. The predicted octanol–water partition coefficient (Wildman–Crippen LogP) is 3.20. The van der Waals surface area contributed by atoms with Crippen LogP contribution < -0.4 is 4.72 Å². The van der Waals surface area contributed by atoms with Crippen LogP contribution in [-0.4, -0.2) is 19.6 Å². The van der Waals surface area contributed by atoms with Crippen LogP contribution in [0.3, 0.4) is 0 Å². The molecule has 0 radical (unpaired) electrons. The van der Waals surface area contributed by atoms with Gasteiger partial charge in [-0.3, -0.25) is 0 Å². The van der Waals surface area contributed by atoms with E-state index in [4.69, 9.17) is 23.2 Å². The highest BCUT2D eigenvalue weighted by Crippen LogP contribution is 2.31. The second-order valence-electron chi connectivity index (χ2n) is 4.88. The highest BCUT2D eigenvalue weighted by atomic mass is 35.5. The van der Waals surface area contributed by atoms with Crippen molar-refractivity contribution in [1.29, 1.82) is 0 Å². The van der Waals surface area contributed by atoms with Crippen LogP contribution in [0.2, 0.25) is 10.0 Å². The Hall–Kier alpha value is -0.330. The Kier molecular flexibility index (Phi) is 6.28. The zero-order chi connectivity index (χ0) is 15.5. The number of aliphatic hydroxyl groups excluding tert-OH is 1. The Morgan fingerprint density at radius 1 is 1.30 bits per heavy atom. The molecule has 2 N–H and O–H groups in total. The maximum absolute atomic E-state index is 12.4. The van der Waals surface area contributed by atoms with E-state index in [0.29, 0.717) is 6.42 Å². The van der Waals surface area contributed by atoms with Crippen molar-refractivity contribution in [3.63, 3.8) is 0 Å². The van der Waals surface area contributed by atoms with E-state index in [-0.39, 0.29) is 32.5 Å². The van der Waals surface area contributed by atoms with Crippen LogP contribution in [0.5, 0.6) is 0 Å². The molecule has 1 aromatic rings. The first-order valence-electron chi connectivity index (χ1n) is 6.34. The Bertz CT molecular complexity index is 573. The smallest absolute Gasteiger partial charge is 0.242 e. The molecule has 0 spiro atoms. The first kappa shape index (κ1) is 17.7. The molecule has 0 aromatic heterocycles. The SMILES string of the molecule is CCC(NS(=O)(=O)c1ccc(Cl)c(CO)c1Cl)C(C)C. The first-order valence-corrected chi connectivity index (χ1v) is 8.58. The minimum Gasteiger partial charge on any atom is -0.392 e. The molecular formula is C13H19Cl2NO3S. The van der Waals surface area contributed by atoms with Crippen LogP contribution in [0.1, 0.15) is 32.8 Å². The molecular weight excluding hydrogens is 321 g/mol. The lowest BCUT2D eigenvalue weighted by Crippen LogP contribution is -2.38. The van der Waals surface area contributed by atoms with Gasteiger partial charge in [-0.2, -0.15) is 0 Å². The fourth-order valence-electron chi connectivity index (χ4n) is 1.88. The third-order valence-electron chi connectivity index (χ3n) is 3.15. The molecule has 7 heteroatoms. The van der Waals surface area contributed by atoms with E-state index in [9.17, 15) is 13.5 Å². The summed E-state index contributed by atoms with van der Waals surface area (Å²) in [5.41, 5.74) is 0.216. The number of benzene rings is 1. The van der Waals surface area contributed by atoms with Crippen molar-refractivity contribution in [2.45, 2.75) is 44.7 Å². The van der Waals surface area contributed by atoms with Crippen LogP contribution in [-0.2, 0) is 16.6 Å². The van der Waals surface area contributed by atoms with E-state index in [2.05, 4.69) is 4.72 Å². The van der Waals surface area contributed by atoms with E-state index < -0.39 is 16.6 Å². The molecule has 20 heavy (non-hydrogen) atoms. The van der Waals surface area contributed by atoms with Crippen LogP contribution >= 0.6 is 23.2 Å². The molecule has 0 aliphatic heterocycles. The summed E-state index contributed by atoms with van der Waals surface area (Å²) in [5.74, 6) is 0.165. The Morgan fingerprint density at radius 3 is 2.35 bits per heavy atom. The van der Waals surface area contributed by atoms with E-state index in [1.807, 2.05) is 20.8 Å². The van der Waals surface area contributed by atoms with E-state index in [1.54, 1.807) is 0 Å². The molecule has 0 fully saturated rings. The van der Waals surface area contributed by atoms with Crippen LogP contribution in [0.4, 0.5) is 0 Å². The van der Waals surface area contributed by atoms with Crippen LogP contribution in [0, 0.1) is 5.92 Å². The average Bonchev–Trinajstić information content (AvgIpc) is 2.35. The summed E-state index contributed by atoms with van der Waals surface area (Å²) < 4.78 is 27.4. The second kappa shape index (κ2) is 7.09. The number of hydrogen-bond donors (Lipinski definition) is 2. The third-order valence-corrected chi connectivity index (χ3v) is 5.58. The molecule has 0 amide bonds. The van der Waals surface area contributed by atoms with Gasteiger partial charge in [-0.15, -0.1) is 0 Å². The number of nitrogens with one attached hydrogen (secondary N) is 1. The monoisotopic (exact) mass is 339 g/mol. The van der Waals surface area contributed by atoms with Gasteiger partial charge < -0.3 is 5.11 Å². The molecule has 1 unspecified atom stereocenters. The van der Waals surface area contributed by atoms with Crippen molar-refractivity contribution in [2.75, 3.05) is 0 Å². The number of hydrogen-bond acceptors (Lipinski definition) is 3. The second-order valence-corrected chi connectivity index (χ2v) is 7.34. The lowest BCUT2D eigenvalue weighted by atomic mass is 10.0. The fourth-order valence-corrected chi connectivity index (χ4v) is 4.25. The zero-order valence-electron chi connectivity index (χ0n) is 11.7. The van der Waals surface area contributed by atoms with Gasteiger partial charge in [-0.1, -0.05) is 44.0 Å². The quantitative estimate of drug-likeness (QED) is 0.836. The van der Waals surface area contributed by atoms with Crippen molar-refractivity contribution < 1.29 is 13.5 Å². The van der Waals surface area contributed by atoms with Gasteiger partial charge in [0.15, 0.2) is 0 Å². The maximum atomic E-state index is 12.4. The van der Waals surface area contributed by atoms with Gasteiger partial charge in [0.25, 0.3) is 0 Å². The minimum atomic E-state index is -3.75. The van der Waals surface area contributed by atoms with E-state index in [1.165, 1.54) is 12.1 Å². The number of rotatable bonds is 6. The maximum Gasteiger partial charge on any atom is 0.242 e. The van der Waals surface area contributed by atoms with Gasteiger partial charge in [-0.25, -0.2) is 13.1 Å². The third kappa shape index (κ3) is 3.86. The standard InChI is InChI=1S/C13H19Cl2NO3S/c1-4-11(8(2)3)16-20(18,19)12-6-5-10(14)9(7-17)13(12)15/h5-6,8,11,16-17H,4,7H2,1-3H3. The summed E-state index contributed by atoms with van der Waals surface area (Å²) >= 11 is 11.9. The summed E-state index contributed by atoms with van der Waals surface area (Å²) in [6.45, 7) is 5.39. The van der Waals surface area contributed by atoms with Crippen molar-refractivity contribution in [3.05, 3.63) is 27.7 Å². The minimum absolute atomic E-state index is 0.0360. The van der Waals surface area contributed by atoms with Crippen molar-refractivity contribution >= 4 is 33.2 Å². The summed E-state index contributed by atoms with van der Waals surface area (Å²) in [6, 6.07) is 2.59. The normalized spacial score (nSPS) is 13.8. The summed E-state index contributed by atoms with van der Waals surface area (Å²) in [4.78, 5) is -0.0632. The lowest BCUT2D eigenvalue weighted by Gasteiger charge is -2.21. The van der Waals surface area contributed by atoms with Gasteiger partial charge in [0.1, 0.15) is 4.90 Å². The number of sulfonamides is 1. The molecule has 1 rings (SSSR count). The van der Waals surface area contributed by atoms with Crippen molar-refractivity contribution in [3.8, 4) is 0 Å². The molecule has 0 aliphatic rings. The average molecular weight is 340 g/mol. The van der Waals surface area contributed by atoms with Crippen LogP contribution in [0.25, 0.3) is 0 Å². The summed E-state index contributed by atoms with van der Waals surface area (Å²) in [7, 11) is -3.75. The van der Waals surface area contributed by atoms with Gasteiger partial charge in [0, 0.05) is 16.6 Å². The summed E-state index contributed by atoms with van der Waals surface area (Å²) in [6.07, 6.45) is 0.676. The fraction of sp³-hybridized carbons (Fsp3) is 0.538. The summed E-state index contributed by atoms with van der Waals surface area (Å²) in [5, 5.41) is 9.43. The first-order chi connectivity index (χ1) is 9.24. The highest BCUT2D eigenvalue weighted by molar-refractivity contribution is 7.89. The van der Waals surface area contributed by atoms with E-state index >= 15 is 0 Å². The van der Waals surface area contributed by atoms with Crippen molar-refractivity contribution in [2.24, 2.45) is 5.92 Å². The van der Waals surface area contributed by atoms with E-state index in [0.717, 1.165) is 0 Å². The number of aliphatic hydroxyl groups is 1. The molecule has 0 heterocycles. The van der Waals surface area contributed by atoms with Gasteiger partial charge in [0.2, 0.25) is 10.0 Å². The Balaban J connectivity index is 3.23. The molecule has 114 valence electrons. The Labute approximate surface area is 130 Å². The largest absolute Gasteiger partial charge is 0.392 e. The molecule has 0 saturated carbocycles. The number of halogens is 2. The molecule has 0 aliphatic carbocycles. The van der Waals surface area contributed by atoms with Gasteiger partial charge in [-0.05, 0) is 24.5 Å².